The van der Waals surface area contributed by atoms with Gasteiger partial charge in [0.2, 0.25) is 0 Å². The Hall–Kier alpha value is -3.99. The number of nitrogens with one attached hydrogen (secondary N) is 2. The fraction of sp³-hybridized carbons (Fsp3) is 0.179. The molecule has 0 aliphatic carbocycles. The van der Waals surface area contributed by atoms with Crippen molar-refractivity contribution in [3.05, 3.63) is 101 Å². The Balaban J connectivity index is 1.69. The summed E-state index contributed by atoms with van der Waals surface area (Å²) >= 11 is 0. The quantitative estimate of drug-likeness (QED) is 0.391. The standard InChI is InChI=1S/C28H27N3O2/c1-18-10-12-20(13-11-18)26(32)31-24-17-21(28(2,3)4)14-15-22(24)27(33)30-23-9-5-7-19-8-6-16-29-25(19)23/h5-17H,1-4H3,(H,30,33)(H,31,32). The van der Waals surface area contributed by atoms with Crippen LogP contribution < -0.4 is 10.6 Å². The minimum atomic E-state index is -0.312. The SMILES string of the molecule is Cc1ccc(C(=O)Nc2cc(C(C)(C)C)ccc2C(=O)Nc2cccc3cccnc23)cc1. The minimum absolute atomic E-state index is 0.141. The number of hydrogen-bond donors (Lipinski definition) is 2. The maximum Gasteiger partial charge on any atom is 0.257 e. The molecule has 2 amide bonds. The molecule has 0 spiro atoms. The summed E-state index contributed by atoms with van der Waals surface area (Å²) in [4.78, 5) is 30.7. The van der Waals surface area contributed by atoms with Crippen LogP contribution in [-0.2, 0) is 5.41 Å². The van der Waals surface area contributed by atoms with Gasteiger partial charge in [-0.3, -0.25) is 14.6 Å². The Labute approximate surface area is 193 Å². The highest BCUT2D eigenvalue weighted by Gasteiger charge is 2.20. The van der Waals surface area contributed by atoms with Crippen LogP contribution in [0.25, 0.3) is 10.9 Å². The lowest BCUT2D eigenvalue weighted by atomic mass is 9.86. The van der Waals surface area contributed by atoms with Crippen molar-refractivity contribution < 1.29 is 9.59 Å². The van der Waals surface area contributed by atoms with E-state index < -0.39 is 0 Å². The van der Waals surface area contributed by atoms with Gasteiger partial charge in [0.25, 0.3) is 11.8 Å². The Bertz CT molecular complexity index is 1330. The number of rotatable bonds is 4. The molecule has 2 N–H and O–H groups in total. The van der Waals surface area contributed by atoms with Crippen molar-refractivity contribution in [2.24, 2.45) is 0 Å². The maximum atomic E-state index is 13.3. The smallest absolute Gasteiger partial charge is 0.257 e. The summed E-state index contributed by atoms with van der Waals surface area (Å²) in [6.07, 6.45) is 1.70. The van der Waals surface area contributed by atoms with Crippen LogP contribution in [0, 0.1) is 6.92 Å². The average molecular weight is 438 g/mol. The van der Waals surface area contributed by atoms with Crippen molar-refractivity contribution in [2.45, 2.75) is 33.1 Å². The molecule has 33 heavy (non-hydrogen) atoms. The van der Waals surface area contributed by atoms with Crippen LogP contribution in [0.4, 0.5) is 11.4 Å². The number of nitrogens with zero attached hydrogens (tertiary/aromatic N) is 1. The van der Waals surface area contributed by atoms with Crippen molar-refractivity contribution in [3.63, 3.8) is 0 Å². The van der Waals surface area contributed by atoms with Crippen molar-refractivity contribution in [1.82, 2.24) is 4.98 Å². The molecule has 1 heterocycles. The summed E-state index contributed by atoms with van der Waals surface area (Å²) in [5, 5.41) is 6.85. The van der Waals surface area contributed by atoms with E-state index in [-0.39, 0.29) is 17.2 Å². The first-order valence-electron chi connectivity index (χ1n) is 10.9. The average Bonchev–Trinajstić information content (AvgIpc) is 2.79. The van der Waals surface area contributed by atoms with Crippen LogP contribution in [0.5, 0.6) is 0 Å². The zero-order chi connectivity index (χ0) is 23.6. The molecule has 0 saturated carbocycles. The predicted molar refractivity (Wildman–Crippen MR) is 134 cm³/mol. The molecule has 0 atom stereocenters. The molecule has 5 heteroatoms. The van der Waals surface area contributed by atoms with Crippen LogP contribution in [0.2, 0.25) is 0 Å². The molecule has 4 rings (SSSR count). The Morgan fingerprint density at radius 1 is 0.788 bits per heavy atom. The summed E-state index contributed by atoms with van der Waals surface area (Å²) < 4.78 is 0. The van der Waals surface area contributed by atoms with E-state index in [2.05, 4.69) is 36.4 Å². The third kappa shape index (κ3) is 4.93. The largest absolute Gasteiger partial charge is 0.321 e. The number of pyridine rings is 1. The fourth-order valence-corrected chi connectivity index (χ4v) is 3.61. The van der Waals surface area contributed by atoms with Gasteiger partial charge in [-0.25, -0.2) is 0 Å². The lowest BCUT2D eigenvalue weighted by Crippen LogP contribution is -2.20. The van der Waals surface area contributed by atoms with Gasteiger partial charge in [-0.2, -0.15) is 0 Å². The molecular weight excluding hydrogens is 410 g/mol. The topological polar surface area (TPSA) is 71.1 Å². The van der Waals surface area contributed by atoms with E-state index in [0.29, 0.717) is 28.0 Å². The van der Waals surface area contributed by atoms with Crippen LogP contribution in [0.1, 0.15) is 52.6 Å². The molecular formula is C28H27N3O2. The number of fused-ring (bicyclic) bond motifs is 1. The summed E-state index contributed by atoms with van der Waals surface area (Å²) in [7, 11) is 0. The van der Waals surface area contributed by atoms with Gasteiger partial charge in [-0.15, -0.1) is 0 Å². The number of anilines is 2. The van der Waals surface area contributed by atoms with Gasteiger partial charge in [0.1, 0.15) is 0 Å². The van der Waals surface area contributed by atoms with Gasteiger partial charge >= 0.3 is 0 Å². The first kappa shape index (κ1) is 22.2. The Kier molecular flexibility index (Phi) is 5.97. The lowest BCUT2D eigenvalue weighted by molar-refractivity contribution is 0.102. The number of para-hydroxylation sites is 1. The molecule has 3 aromatic carbocycles. The van der Waals surface area contributed by atoms with E-state index in [1.165, 1.54) is 0 Å². The van der Waals surface area contributed by atoms with Crippen molar-refractivity contribution in [1.29, 1.82) is 0 Å². The Morgan fingerprint density at radius 3 is 2.21 bits per heavy atom. The molecule has 1 aromatic heterocycles. The molecule has 0 aliphatic heterocycles. The van der Waals surface area contributed by atoms with Gasteiger partial charge in [0.15, 0.2) is 0 Å². The van der Waals surface area contributed by atoms with E-state index in [9.17, 15) is 9.59 Å². The van der Waals surface area contributed by atoms with E-state index in [1.807, 2.05) is 61.5 Å². The molecule has 0 fully saturated rings. The van der Waals surface area contributed by atoms with Crippen molar-refractivity contribution in [3.8, 4) is 0 Å². The summed E-state index contributed by atoms with van der Waals surface area (Å²) in [5.41, 5.74) is 4.67. The first-order chi connectivity index (χ1) is 15.7. The zero-order valence-electron chi connectivity index (χ0n) is 19.3. The van der Waals surface area contributed by atoms with E-state index in [1.54, 1.807) is 24.4 Å². The highest BCUT2D eigenvalue weighted by Crippen LogP contribution is 2.29. The number of carbonyl (C=O) groups excluding carboxylic acids is 2. The number of aryl methyl sites for hydroxylation is 1. The van der Waals surface area contributed by atoms with E-state index >= 15 is 0 Å². The molecule has 0 aliphatic rings. The van der Waals surface area contributed by atoms with Gasteiger partial charge in [-0.1, -0.05) is 62.7 Å². The third-order valence-corrected chi connectivity index (χ3v) is 5.57. The maximum absolute atomic E-state index is 13.3. The molecule has 0 bridgehead atoms. The second-order valence-electron chi connectivity index (χ2n) is 9.17. The minimum Gasteiger partial charge on any atom is -0.321 e. The third-order valence-electron chi connectivity index (χ3n) is 5.57. The van der Waals surface area contributed by atoms with Gasteiger partial charge < -0.3 is 10.6 Å². The first-order valence-corrected chi connectivity index (χ1v) is 10.9. The number of aromatic nitrogens is 1. The number of hydrogen-bond acceptors (Lipinski definition) is 3. The summed E-state index contributed by atoms with van der Waals surface area (Å²) in [6.45, 7) is 8.25. The molecule has 0 radical (unpaired) electrons. The zero-order valence-corrected chi connectivity index (χ0v) is 19.3. The highest BCUT2D eigenvalue weighted by atomic mass is 16.2. The number of carbonyl (C=O) groups is 2. The van der Waals surface area contributed by atoms with Gasteiger partial charge in [0, 0.05) is 17.1 Å². The Morgan fingerprint density at radius 2 is 1.48 bits per heavy atom. The lowest BCUT2D eigenvalue weighted by Gasteiger charge is -2.21. The summed E-state index contributed by atoms with van der Waals surface area (Å²) in [5.74, 6) is -0.574. The molecule has 166 valence electrons. The van der Waals surface area contributed by atoms with Crippen molar-refractivity contribution in [2.75, 3.05) is 10.6 Å². The van der Waals surface area contributed by atoms with Crippen LogP contribution >= 0.6 is 0 Å². The van der Waals surface area contributed by atoms with Crippen LogP contribution in [-0.4, -0.2) is 16.8 Å². The fourth-order valence-electron chi connectivity index (χ4n) is 3.61. The number of amides is 2. The van der Waals surface area contributed by atoms with Crippen molar-refractivity contribution >= 4 is 34.1 Å². The molecule has 0 saturated heterocycles. The normalized spacial score (nSPS) is 11.3. The second kappa shape index (κ2) is 8.87. The van der Waals surface area contributed by atoms with Crippen LogP contribution in [0.3, 0.4) is 0 Å². The molecule has 4 aromatic rings. The molecule has 5 nitrogen and oxygen atoms in total. The number of benzene rings is 3. The van der Waals surface area contributed by atoms with Gasteiger partial charge in [0.05, 0.1) is 22.5 Å². The van der Waals surface area contributed by atoms with Crippen LogP contribution in [0.15, 0.2) is 79.0 Å². The summed E-state index contributed by atoms with van der Waals surface area (Å²) in [6, 6.07) is 22.4. The molecule has 0 unspecified atom stereocenters. The monoisotopic (exact) mass is 437 g/mol. The second-order valence-corrected chi connectivity index (χ2v) is 9.17. The highest BCUT2D eigenvalue weighted by molar-refractivity contribution is 6.14. The van der Waals surface area contributed by atoms with E-state index in [0.717, 1.165) is 16.5 Å². The van der Waals surface area contributed by atoms with Gasteiger partial charge in [-0.05, 0) is 54.3 Å². The van der Waals surface area contributed by atoms with E-state index in [4.69, 9.17) is 0 Å². The predicted octanol–water partition coefficient (Wildman–Crippen LogP) is 6.35.